The number of fused-ring (bicyclic) bond motifs is 1. The monoisotopic (exact) mass is 194 g/mol. The van der Waals surface area contributed by atoms with E-state index in [1.807, 2.05) is 12.1 Å². The molecule has 0 amide bonds. The Morgan fingerprint density at radius 2 is 2.36 bits per heavy atom. The van der Waals surface area contributed by atoms with Crippen molar-refractivity contribution >= 4 is 0 Å². The molecule has 1 aromatic carbocycles. The molecule has 0 radical (unpaired) electrons. The fraction of sp³-hybridized carbons (Fsp3) is 0.455. The van der Waals surface area contributed by atoms with Crippen LogP contribution in [0, 0.1) is 0 Å². The summed E-state index contributed by atoms with van der Waals surface area (Å²) in [6.07, 6.45) is 1.17. The van der Waals surface area contributed by atoms with Gasteiger partial charge in [0.1, 0.15) is 6.61 Å². The van der Waals surface area contributed by atoms with Crippen LogP contribution in [0.1, 0.15) is 18.1 Å². The zero-order valence-corrected chi connectivity index (χ0v) is 8.45. The first-order valence-electron chi connectivity index (χ1n) is 4.73. The molecule has 14 heavy (non-hydrogen) atoms. The third-order valence-electron chi connectivity index (χ3n) is 2.41. The van der Waals surface area contributed by atoms with Crippen molar-refractivity contribution < 1.29 is 14.5 Å². The second-order valence-corrected chi connectivity index (χ2v) is 3.54. The predicted molar refractivity (Wildman–Crippen MR) is 52.0 cm³/mol. The van der Waals surface area contributed by atoms with Crippen LogP contribution in [0.4, 0.5) is 0 Å². The van der Waals surface area contributed by atoms with Gasteiger partial charge in [-0.15, -0.1) is 0 Å². The molecule has 3 nitrogen and oxygen atoms in total. The SMILES string of the molecule is COC(C)Cc1ccc2c(c1)COO2. The largest absolute Gasteiger partial charge is 0.381 e. The Labute approximate surface area is 83.5 Å². The number of methoxy groups -OCH3 is 1. The zero-order valence-electron chi connectivity index (χ0n) is 8.45. The van der Waals surface area contributed by atoms with Crippen LogP contribution in [0.2, 0.25) is 0 Å². The molecular formula is C11H14O3. The summed E-state index contributed by atoms with van der Waals surface area (Å²) >= 11 is 0. The first kappa shape index (κ1) is 9.49. The summed E-state index contributed by atoms with van der Waals surface area (Å²) in [5, 5.41) is 0. The third-order valence-corrected chi connectivity index (χ3v) is 2.41. The number of hydrogen-bond acceptors (Lipinski definition) is 3. The van der Waals surface area contributed by atoms with Crippen LogP contribution in [-0.4, -0.2) is 13.2 Å². The number of benzene rings is 1. The van der Waals surface area contributed by atoms with E-state index in [0.717, 1.165) is 17.7 Å². The highest BCUT2D eigenvalue weighted by molar-refractivity contribution is 5.38. The Morgan fingerprint density at radius 1 is 1.50 bits per heavy atom. The third kappa shape index (κ3) is 1.89. The van der Waals surface area contributed by atoms with Gasteiger partial charge in [-0.25, -0.2) is 0 Å². The topological polar surface area (TPSA) is 27.7 Å². The maximum Gasteiger partial charge on any atom is 0.171 e. The number of hydrogen-bond donors (Lipinski definition) is 0. The first-order valence-corrected chi connectivity index (χ1v) is 4.73. The lowest BCUT2D eigenvalue weighted by atomic mass is 10.1. The standard InChI is InChI=1S/C11H14O3/c1-8(12-2)5-9-3-4-11-10(6-9)7-13-14-11/h3-4,6,8H,5,7H2,1-2H3. The molecule has 0 aliphatic carbocycles. The summed E-state index contributed by atoms with van der Waals surface area (Å²) in [6.45, 7) is 2.60. The average molecular weight is 194 g/mol. The molecule has 0 aromatic heterocycles. The van der Waals surface area contributed by atoms with E-state index in [0.29, 0.717) is 6.61 Å². The summed E-state index contributed by atoms with van der Waals surface area (Å²) in [6, 6.07) is 6.10. The summed E-state index contributed by atoms with van der Waals surface area (Å²) in [5.74, 6) is 0.832. The van der Waals surface area contributed by atoms with Gasteiger partial charge in [-0.05, 0) is 31.0 Å². The van der Waals surface area contributed by atoms with Crippen molar-refractivity contribution in [2.45, 2.75) is 26.1 Å². The minimum atomic E-state index is 0.247. The Kier molecular flexibility index (Phi) is 2.70. The molecule has 0 saturated carbocycles. The summed E-state index contributed by atoms with van der Waals surface area (Å²) in [7, 11) is 1.73. The van der Waals surface area contributed by atoms with E-state index >= 15 is 0 Å². The van der Waals surface area contributed by atoms with Crippen molar-refractivity contribution in [1.82, 2.24) is 0 Å². The molecule has 1 atom stereocenters. The van der Waals surface area contributed by atoms with Gasteiger partial charge in [-0.2, -0.15) is 4.89 Å². The number of rotatable bonds is 3. The zero-order chi connectivity index (χ0) is 9.97. The molecular weight excluding hydrogens is 180 g/mol. The quantitative estimate of drug-likeness (QED) is 0.689. The molecule has 1 aliphatic heterocycles. The highest BCUT2D eigenvalue weighted by atomic mass is 17.2. The summed E-state index contributed by atoms with van der Waals surface area (Å²) < 4.78 is 5.21. The lowest BCUT2D eigenvalue weighted by Crippen LogP contribution is -2.08. The van der Waals surface area contributed by atoms with Crippen LogP contribution < -0.4 is 4.89 Å². The maximum atomic E-state index is 5.21. The van der Waals surface area contributed by atoms with Gasteiger partial charge in [0.05, 0.1) is 6.10 Å². The molecule has 1 aliphatic rings. The van der Waals surface area contributed by atoms with Crippen LogP contribution in [0.15, 0.2) is 18.2 Å². The first-order chi connectivity index (χ1) is 6.79. The van der Waals surface area contributed by atoms with Crippen molar-refractivity contribution in [3.05, 3.63) is 29.3 Å². The van der Waals surface area contributed by atoms with Crippen molar-refractivity contribution in [3.8, 4) is 5.75 Å². The second-order valence-electron chi connectivity index (χ2n) is 3.54. The minimum absolute atomic E-state index is 0.247. The lowest BCUT2D eigenvalue weighted by molar-refractivity contribution is -0.194. The molecule has 0 spiro atoms. The fourth-order valence-electron chi connectivity index (χ4n) is 1.53. The molecule has 0 N–H and O–H groups in total. The number of ether oxygens (including phenoxy) is 1. The van der Waals surface area contributed by atoms with Crippen molar-refractivity contribution in [2.24, 2.45) is 0 Å². The lowest BCUT2D eigenvalue weighted by Gasteiger charge is -2.09. The molecule has 1 unspecified atom stereocenters. The van der Waals surface area contributed by atoms with Gasteiger partial charge in [0.25, 0.3) is 0 Å². The normalized spacial score (nSPS) is 16.1. The Hall–Kier alpha value is -1.06. The highest BCUT2D eigenvalue weighted by Crippen LogP contribution is 2.27. The Morgan fingerprint density at radius 3 is 3.14 bits per heavy atom. The predicted octanol–water partition coefficient (Wildman–Crippen LogP) is 2.09. The smallest absolute Gasteiger partial charge is 0.171 e. The molecule has 1 aromatic rings. The molecule has 0 fully saturated rings. The van der Waals surface area contributed by atoms with E-state index in [4.69, 9.17) is 14.5 Å². The van der Waals surface area contributed by atoms with Crippen LogP contribution in [0.3, 0.4) is 0 Å². The maximum absolute atomic E-state index is 5.21. The van der Waals surface area contributed by atoms with Gasteiger partial charge < -0.3 is 9.62 Å². The van der Waals surface area contributed by atoms with Crippen LogP contribution >= 0.6 is 0 Å². The van der Waals surface area contributed by atoms with Gasteiger partial charge in [0, 0.05) is 12.7 Å². The highest BCUT2D eigenvalue weighted by Gasteiger charge is 2.14. The van der Waals surface area contributed by atoms with Gasteiger partial charge in [0.2, 0.25) is 0 Å². The van der Waals surface area contributed by atoms with E-state index in [2.05, 4.69) is 13.0 Å². The Balaban J connectivity index is 2.12. The fourth-order valence-corrected chi connectivity index (χ4v) is 1.53. The van der Waals surface area contributed by atoms with E-state index < -0.39 is 0 Å². The summed E-state index contributed by atoms with van der Waals surface area (Å²) in [5.41, 5.74) is 2.37. The molecule has 76 valence electrons. The summed E-state index contributed by atoms with van der Waals surface area (Å²) in [4.78, 5) is 9.82. The van der Waals surface area contributed by atoms with Gasteiger partial charge >= 0.3 is 0 Å². The van der Waals surface area contributed by atoms with Gasteiger partial charge in [-0.3, -0.25) is 0 Å². The van der Waals surface area contributed by atoms with Gasteiger partial charge in [-0.1, -0.05) is 6.07 Å². The Bertz CT molecular complexity index is 322. The van der Waals surface area contributed by atoms with Crippen LogP contribution in [0.25, 0.3) is 0 Å². The molecule has 1 heterocycles. The molecule has 2 rings (SSSR count). The van der Waals surface area contributed by atoms with Crippen molar-refractivity contribution in [3.63, 3.8) is 0 Å². The van der Waals surface area contributed by atoms with Crippen molar-refractivity contribution in [2.75, 3.05) is 7.11 Å². The van der Waals surface area contributed by atoms with Gasteiger partial charge in [0.15, 0.2) is 5.75 Å². The molecule has 0 bridgehead atoms. The minimum Gasteiger partial charge on any atom is -0.381 e. The van der Waals surface area contributed by atoms with E-state index in [1.54, 1.807) is 7.11 Å². The molecule has 3 heteroatoms. The second kappa shape index (κ2) is 3.98. The molecule has 0 saturated heterocycles. The van der Waals surface area contributed by atoms with E-state index in [-0.39, 0.29) is 6.10 Å². The van der Waals surface area contributed by atoms with Crippen LogP contribution in [-0.2, 0) is 22.7 Å². The van der Waals surface area contributed by atoms with Crippen molar-refractivity contribution in [1.29, 1.82) is 0 Å². The van der Waals surface area contributed by atoms with Crippen LogP contribution in [0.5, 0.6) is 5.75 Å². The van der Waals surface area contributed by atoms with E-state index in [1.165, 1.54) is 5.56 Å². The van der Waals surface area contributed by atoms with E-state index in [9.17, 15) is 0 Å². The average Bonchev–Trinajstić information content (AvgIpc) is 2.64.